The van der Waals surface area contributed by atoms with Gasteiger partial charge >= 0.3 is 11.7 Å². The molecule has 3 rings (SSSR count). The number of H-pyrrole nitrogens is 1. The van der Waals surface area contributed by atoms with Gasteiger partial charge in [-0.15, -0.1) is 0 Å². The maximum absolute atomic E-state index is 12.0. The second-order valence-electron chi connectivity index (χ2n) is 4.36. The topological polar surface area (TPSA) is 106 Å². The lowest BCUT2D eigenvalue weighted by atomic mass is 10.2. The van der Waals surface area contributed by atoms with Crippen molar-refractivity contribution < 1.29 is 9.90 Å². The molecule has 0 saturated heterocycles. The number of nitrogens with zero attached hydrogens (tertiary/aromatic N) is 4. The molecule has 1 aromatic carbocycles. The van der Waals surface area contributed by atoms with Gasteiger partial charge in [0.2, 0.25) is 0 Å². The van der Waals surface area contributed by atoms with Crippen molar-refractivity contribution in [3.63, 3.8) is 0 Å². The summed E-state index contributed by atoms with van der Waals surface area (Å²) >= 11 is 0. The van der Waals surface area contributed by atoms with E-state index in [1.165, 1.54) is 21.6 Å². The Morgan fingerprint density at radius 2 is 2.25 bits per heavy atom. The number of carboxylic acid groups (broad SMARTS) is 1. The third kappa shape index (κ3) is 1.87. The first-order valence-corrected chi connectivity index (χ1v) is 5.85. The van der Waals surface area contributed by atoms with Gasteiger partial charge in [-0.2, -0.15) is 5.10 Å². The Labute approximate surface area is 112 Å². The standard InChI is InChI=1S/C12H11N5O3/c1-16-6-13-9(15-16)5-17-10-7(11(18)19)3-2-4-8(10)14-12(17)20/h2-4,6H,5H2,1H3,(H,14,20)(H,18,19). The van der Waals surface area contributed by atoms with Crippen molar-refractivity contribution in [3.05, 3.63) is 46.4 Å². The molecule has 0 aliphatic carbocycles. The van der Waals surface area contributed by atoms with E-state index in [0.29, 0.717) is 16.9 Å². The van der Waals surface area contributed by atoms with Gasteiger partial charge in [0.15, 0.2) is 5.82 Å². The molecule has 20 heavy (non-hydrogen) atoms. The number of aromatic amines is 1. The Morgan fingerprint density at radius 3 is 2.90 bits per heavy atom. The number of carbonyl (C=O) groups is 1. The lowest BCUT2D eigenvalue weighted by Gasteiger charge is -2.03. The van der Waals surface area contributed by atoms with Gasteiger partial charge in [0.05, 0.1) is 23.1 Å². The highest BCUT2D eigenvalue weighted by Gasteiger charge is 2.16. The minimum absolute atomic E-state index is 0.0665. The predicted molar refractivity (Wildman–Crippen MR) is 69.6 cm³/mol. The molecule has 102 valence electrons. The predicted octanol–water partition coefficient (Wildman–Crippen LogP) is 0.205. The van der Waals surface area contributed by atoms with Gasteiger partial charge in [0, 0.05) is 7.05 Å². The highest BCUT2D eigenvalue weighted by molar-refractivity contribution is 6.01. The summed E-state index contributed by atoms with van der Waals surface area (Å²) in [5.74, 6) is -0.645. The molecule has 0 bridgehead atoms. The number of imidazole rings is 1. The molecule has 0 aliphatic heterocycles. The molecule has 0 saturated carbocycles. The van der Waals surface area contributed by atoms with Gasteiger partial charge in [-0.3, -0.25) is 9.25 Å². The Morgan fingerprint density at radius 1 is 1.45 bits per heavy atom. The first kappa shape index (κ1) is 12.2. The van der Waals surface area contributed by atoms with Gasteiger partial charge < -0.3 is 10.1 Å². The lowest BCUT2D eigenvalue weighted by Crippen LogP contribution is -2.19. The number of aryl methyl sites for hydroxylation is 1. The third-order valence-corrected chi connectivity index (χ3v) is 2.97. The van der Waals surface area contributed by atoms with Crippen LogP contribution in [0.4, 0.5) is 0 Å². The largest absolute Gasteiger partial charge is 0.478 e. The second-order valence-corrected chi connectivity index (χ2v) is 4.36. The van der Waals surface area contributed by atoms with Gasteiger partial charge in [-0.05, 0) is 12.1 Å². The number of nitrogens with one attached hydrogen (secondary N) is 1. The van der Waals surface area contributed by atoms with E-state index in [1.54, 1.807) is 19.2 Å². The molecule has 8 nitrogen and oxygen atoms in total. The average Bonchev–Trinajstić information content (AvgIpc) is 2.94. The SMILES string of the molecule is Cn1cnc(Cn2c(=O)[nH]c3cccc(C(=O)O)c32)n1. The first-order valence-electron chi connectivity index (χ1n) is 5.85. The van der Waals surface area contributed by atoms with Crippen LogP contribution >= 0.6 is 0 Å². The van der Waals surface area contributed by atoms with Crippen molar-refractivity contribution in [2.24, 2.45) is 7.05 Å². The Bertz CT molecular complexity index is 857. The molecule has 0 fully saturated rings. The van der Waals surface area contributed by atoms with Gasteiger partial charge in [-0.1, -0.05) is 6.07 Å². The molecule has 0 unspecified atom stereocenters. The summed E-state index contributed by atoms with van der Waals surface area (Å²) in [6.07, 6.45) is 1.52. The molecule has 0 aliphatic rings. The van der Waals surface area contributed by atoms with E-state index in [9.17, 15) is 14.7 Å². The molecule has 2 N–H and O–H groups in total. The minimum Gasteiger partial charge on any atom is -0.478 e. The molecule has 8 heteroatoms. The van der Waals surface area contributed by atoms with Gasteiger partial charge in [0.25, 0.3) is 0 Å². The quantitative estimate of drug-likeness (QED) is 0.709. The van der Waals surface area contributed by atoms with E-state index >= 15 is 0 Å². The fraction of sp³-hybridized carbons (Fsp3) is 0.167. The Kier molecular flexibility index (Phi) is 2.63. The third-order valence-electron chi connectivity index (χ3n) is 2.97. The van der Waals surface area contributed by atoms with E-state index in [2.05, 4.69) is 15.1 Å². The molecular weight excluding hydrogens is 262 g/mol. The van der Waals surface area contributed by atoms with Crippen molar-refractivity contribution >= 4 is 17.0 Å². The number of hydrogen-bond acceptors (Lipinski definition) is 4. The number of rotatable bonds is 3. The normalized spacial score (nSPS) is 11.1. The summed E-state index contributed by atoms with van der Waals surface area (Å²) in [6, 6.07) is 4.71. The van der Waals surface area contributed by atoms with E-state index in [-0.39, 0.29) is 17.8 Å². The van der Waals surface area contributed by atoms with Crippen LogP contribution in [0.3, 0.4) is 0 Å². The highest BCUT2D eigenvalue weighted by Crippen LogP contribution is 2.16. The van der Waals surface area contributed by atoms with Crippen LogP contribution in [0.25, 0.3) is 11.0 Å². The van der Waals surface area contributed by atoms with Gasteiger partial charge in [-0.25, -0.2) is 14.6 Å². The van der Waals surface area contributed by atoms with Crippen LogP contribution in [0.5, 0.6) is 0 Å². The first-order chi connectivity index (χ1) is 9.56. The maximum Gasteiger partial charge on any atom is 0.337 e. The summed E-state index contributed by atoms with van der Waals surface area (Å²) in [6.45, 7) is 0.115. The van der Waals surface area contributed by atoms with Crippen LogP contribution in [0.15, 0.2) is 29.3 Å². The minimum atomic E-state index is -1.09. The highest BCUT2D eigenvalue weighted by atomic mass is 16.4. The average molecular weight is 273 g/mol. The molecule has 0 amide bonds. The van der Waals surface area contributed by atoms with Crippen LogP contribution in [0.1, 0.15) is 16.2 Å². The number of carboxylic acids is 1. The molecular formula is C12H11N5O3. The number of aromatic carboxylic acids is 1. The summed E-state index contributed by atoms with van der Waals surface area (Å²) in [7, 11) is 1.72. The molecule has 0 radical (unpaired) electrons. The van der Waals surface area contributed by atoms with E-state index in [0.717, 1.165) is 0 Å². The van der Waals surface area contributed by atoms with Crippen molar-refractivity contribution in [2.75, 3.05) is 0 Å². The fourth-order valence-electron chi connectivity index (χ4n) is 2.14. The summed E-state index contributed by atoms with van der Waals surface area (Å²) < 4.78 is 2.85. The van der Waals surface area contributed by atoms with E-state index in [1.807, 2.05) is 0 Å². The van der Waals surface area contributed by atoms with Crippen LogP contribution < -0.4 is 5.69 Å². The zero-order valence-electron chi connectivity index (χ0n) is 10.6. The molecule has 2 heterocycles. The molecule has 2 aromatic heterocycles. The smallest absolute Gasteiger partial charge is 0.337 e. The lowest BCUT2D eigenvalue weighted by molar-refractivity contribution is 0.0698. The zero-order valence-corrected chi connectivity index (χ0v) is 10.6. The molecule has 0 spiro atoms. The summed E-state index contributed by atoms with van der Waals surface area (Å²) in [5.41, 5.74) is 0.501. The van der Waals surface area contributed by atoms with Crippen molar-refractivity contribution in [1.29, 1.82) is 0 Å². The second kappa shape index (κ2) is 4.34. The van der Waals surface area contributed by atoms with Crippen LogP contribution in [-0.2, 0) is 13.6 Å². The van der Waals surface area contributed by atoms with E-state index in [4.69, 9.17) is 0 Å². The number of benzene rings is 1. The van der Waals surface area contributed by atoms with E-state index < -0.39 is 5.97 Å². The summed E-state index contributed by atoms with van der Waals surface area (Å²) in [5, 5.41) is 13.3. The number of fused-ring (bicyclic) bond motifs is 1. The van der Waals surface area contributed by atoms with Crippen molar-refractivity contribution in [1.82, 2.24) is 24.3 Å². The van der Waals surface area contributed by atoms with Crippen LogP contribution in [0, 0.1) is 0 Å². The Hall–Kier alpha value is -2.90. The van der Waals surface area contributed by atoms with Crippen LogP contribution in [-0.4, -0.2) is 35.4 Å². The number of aromatic nitrogens is 5. The van der Waals surface area contributed by atoms with Crippen molar-refractivity contribution in [3.8, 4) is 0 Å². The number of para-hydroxylation sites is 1. The summed E-state index contributed by atoms with van der Waals surface area (Å²) in [4.78, 5) is 29.9. The number of hydrogen-bond donors (Lipinski definition) is 2. The van der Waals surface area contributed by atoms with Gasteiger partial charge in [0.1, 0.15) is 6.33 Å². The fourth-order valence-corrected chi connectivity index (χ4v) is 2.14. The zero-order chi connectivity index (χ0) is 14.3. The van der Waals surface area contributed by atoms with Crippen molar-refractivity contribution in [2.45, 2.75) is 6.54 Å². The Balaban J connectivity index is 2.21. The molecule has 3 aromatic rings. The maximum atomic E-state index is 12.0. The van der Waals surface area contributed by atoms with Crippen LogP contribution in [0.2, 0.25) is 0 Å². The molecule has 0 atom stereocenters. The monoisotopic (exact) mass is 273 g/mol.